The highest BCUT2D eigenvalue weighted by Crippen LogP contribution is 2.24. The van der Waals surface area contributed by atoms with Crippen molar-refractivity contribution in [2.45, 2.75) is 25.8 Å². The Balaban J connectivity index is 1.42. The third-order valence-corrected chi connectivity index (χ3v) is 7.04. The molecule has 0 aliphatic carbocycles. The van der Waals surface area contributed by atoms with Crippen LogP contribution in [0.5, 0.6) is 5.75 Å². The van der Waals surface area contributed by atoms with Gasteiger partial charge in [0.05, 0.1) is 7.11 Å². The van der Waals surface area contributed by atoms with Crippen LogP contribution in [0.15, 0.2) is 48.5 Å². The van der Waals surface area contributed by atoms with Crippen LogP contribution in [0.1, 0.15) is 40.7 Å². The molecule has 0 aromatic heterocycles. The molecule has 2 aromatic carbocycles. The van der Waals surface area contributed by atoms with Gasteiger partial charge in [-0.15, -0.1) is 0 Å². The molecule has 0 saturated carbocycles. The van der Waals surface area contributed by atoms with Gasteiger partial charge in [-0.05, 0) is 67.3 Å². The number of benzene rings is 2. The predicted octanol–water partition coefficient (Wildman–Crippen LogP) is 5.13. The molecule has 0 bridgehead atoms. The number of piperidine rings is 1. The Morgan fingerprint density at radius 1 is 1.00 bits per heavy atom. The maximum atomic E-state index is 12.7. The number of hydrogen-bond acceptors (Lipinski definition) is 5. The molecule has 0 atom stereocenters. The molecule has 2 aromatic rings. The van der Waals surface area contributed by atoms with Crippen LogP contribution >= 0.6 is 11.8 Å². The number of anilines is 1. The summed E-state index contributed by atoms with van der Waals surface area (Å²) < 4.78 is 5.57. The van der Waals surface area contributed by atoms with Gasteiger partial charge in [-0.1, -0.05) is 12.1 Å². The zero-order valence-corrected chi connectivity index (χ0v) is 19.2. The minimum Gasteiger partial charge on any atom is -0.496 e. The summed E-state index contributed by atoms with van der Waals surface area (Å²) in [7, 11) is 1.72. The summed E-state index contributed by atoms with van der Waals surface area (Å²) in [4.78, 5) is 17.6. The summed E-state index contributed by atoms with van der Waals surface area (Å²) in [5.41, 5.74) is 4.16. The van der Waals surface area contributed by atoms with Crippen molar-refractivity contribution in [1.82, 2.24) is 4.90 Å². The fourth-order valence-corrected chi connectivity index (χ4v) is 5.26. The van der Waals surface area contributed by atoms with Gasteiger partial charge in [0.1, 0.15) is 5.75 Å². The number of rotatable bonds is 7. The van der Waals surface area contributed by atoms with Crippen LogP contribution in [-0.4, -0.2) is 55.5 Å². The van der Waals surface area contributed by atoms with E-state index in [1.165, 1.54) is 42.0 Å². The predicted molar refractivity (Wildman–Crippen MR) is 131 cm³/mol. The van der Waals surface area contributed by atoms with E-state index >= 15 is 0 Å². The van der Waals surface area contributed by atoms with Crippen LogP contribution in [0.25, 0.3) is 6.08 Å². The molecule has 2 fully saturated rings. The molecule has 0 N–H and O–H groups in total. The van der Waals surface area contributed by atoms with Crippen LogP contribution in [0.3, 0.4) is 0 Å². The summed E-state index contributed by atoms with van der Waals surface area (Å²) in [6, 6.07) is 14.2. The van der Waals surface area contributed by atoms with E-state index in [9.17, 15) is 4.79 Å². The number of nitrogens with zero attached hydrogens (tertiary/aromatic N) is 2. The number of carbonyl (C=O) groups is 1. The molecule has 2 saturated heterocycles. The molecule has 2 heterocycles. The average Bonchev–Trinajstić information content (AvgIpc) is 2.84. The summed E-state index contributed by atoms with van der Waals surface area (Å²) >= 11 is 2.02. The van der Waals surface area contributed by atoms with Gasteiger partial charge in [-0.2, -0.15) is 11.8 Å². The van der Waals surface area contributed by atoms with Crippen molar-refractivity contribution >= 4 is 29.3 Å². The van der Waals surface area contributed by atoms with Gasteiger partial charge in [0.15, 0.2) is 5.78 Å². The quantitative estimate of drug-likeness (QED) is 0.444. The van der Waals surface area contributed by atoms with E-state index < -0.39 is 0 Å². The van der Waals surface area contributed by atoms with E-state index in [1.54, 1.807) is 13.2 Å². The van der Waals surface area contributed by atoms with Gasteiger partial charge in [-0.25, -0.2) is 0 Å². The molecule has 2 aliphatic heterocycles. The van der Waals surface area contributed by atoms with Crippen molar-refractivity contribution in [2.75, 3.05) is 49.7 Å². The Morgan fingerprint density at radius 3 is 2.45 bits per heavy atom. The van der Waals surface area contributed by atoms with Crippen molar-refractivity contribution < 1.29 is 9.53 Å². The summed E-state index contributed by atoms with van der Waals surface area (Å²) in [6.45, 7) is 5.34. The lowest BCUT2D eigenvalue weighted by Gasteiger charge is -2.28. The van der Waals surface area contributed by atoms with Crippen LogP contribution in [-0.2, 0) is 6.54 Å². The maximum Gasteiger partial charge on any atom is 0.185 e. The Bertz CT molecular complexity index is 898. The van der Waals surface area contributed by atoms with Crippen LogP contribution in [0, 0.1) is 0 Å². The fraction of sp³-hybridized carbons (Fsp3) is 0.423. The molecule has 0 amide bonds. The minimum atomic E-state index is 0.0376. The zero-order valence-electron chi connectivity index (χ0n) is 18.4. The SMILES string of the molecule is COc1ccc(/C=C/C(=O)c2ccc(N3CCCCC3)cc2)cc1CN1CCSCC1. The molecule has 4 rings (SSSR count). The van der Waals surface area contributed by atoms with Gasteiger partial charge in [0.25, 0.3) is 0 Å². The molecular weight excluding hydrogens is 404 g/mol. The highest BCUT2D eigenvalue weighted by atomic mass is 32.2. The fourth-order valence-electron chi connectivity index (χ4n) is 4.28. The highest BCUT2D eigenvalue weighted by Gasteiger charge is 2.14. The number of hydrogen-bond donors (Lipinski definition) is 0. The molecule has 0 unspecified atom stereocenters. The Labute approximate surface area is 190 Å². The first-order valence-corrected chi connectivity index (χ1v) is 12.4. The van der Waals surface area contributed by atoms with Crippen molar-refractivity contribution in [3.63, 3.8) is 0 Å². The first kappa shape index (κ1) is 22.0. The van der Waals surface area contributed by atoms with E-state index in [-0.39, 0.29) is 5.78 Å². The van der Waals surface area contributed by atoms with E-state index in [1.807, 2.05) is 42.1 Å². The van der Waals surface area contributed by atoms with Crippen molar-refractivity contribution in [3.05, 3.63) is 65.2 Å². The Kier molecular flexibility index (Phi) is 7.71. The standard InChI is InChI=1S/C26H32N2O2S/c1-30-26-12-6-21(19-23(26)20-27-15-17-31-18-16-27)5-11-25(29)22-7-9-24(10-8-22)28-13-3-2-4-14-28/h5-12,19H,2-4,13-18,20H2,1H3/b11-5+. The molecule has 0 radical (unpaired) electrons. The maximum absolute atomic E-state index is 12.7. The molecule has 0 spiro atoms. The minimum absolute atomic E-state index is 0.0376. The number of ether oxygens (including phenoxy) is 1. The largest absolute Gasteiger partial charge is 0.496 e. The second kappa shape index (κ2) is 10.9. The summed E-state index contributed by atoms with van der Waals surface area (Å²) in [5.74, 6) is 3.32. The average molecular weight is 437 g/mol. The number of carbonyl (C=O) groups excluding carboxylic acids is 1. The van der Waals surface area contributed by atoms with Gasteiger partial charge in [0, 0.05) is 61.0 Å². The molecule has 5 heteroatoms. The van der Waals surface area contributed by atoms with Crippen LogP contribution in [0.4, 0.5) is 5.69 Å². The second-order valence-electron chi connectivity index (χ2n) is 8.25. The van der Waals surface area contributed by atoms with Gasteiger partial charge >= 0.3 is 0 Å². The molecule has 31 heavy (non-hydrogen) atoms. The third-order valence-electron chi connectivity index (χ3n) is 6.10. The number of thioether (sulfide) groups is 1. The van der Waals surface area contributed by atoms with Crippen molar-refractivity contribution in [3.8, 4) is 5.75 Å². The number of ketones is 1. The van der Waals surface area contributed by atoms with Gasteiger partial charge < -0.3 is 9.64 Å². The Hall–Kier alpha value is -2.24. The lowest BCUT2D eigenvalue weighted by atomic mass is 10.1. The summed E-state index contributed by atoms with van der Waals surface area (Å²) in [5, 5.41) is 0. The van der Waals surface area contributed by atoms with Gasteiger partial charge in [-0.3, -0.25) is 9.69 Å². The lowest BCUT2D eigenvalue weighted by Crippen LogP contribution is -2.32. The van der Waals surface area contributed by atoms with Crippen molar-refractivity contribution in [2.24, 2.45) is 0 Å². The normalized spacial score (nSPS) is 17.8. The first-order chi connectivity index (χ1) is 15.2. The number of methoxy groups -OCH3 is 1. The molecule has 2 aliphatic rings. The summed E-state index contributed by atoms with van der Waals surface area (Å²) in [6.07, 6.45) is 7.42. The zero-order chi connectivity index (χ0) is 21.5. The van der Waals surface area contributed by atoms with Crippen LogP contribution < -0.4 is 9.64 Å². The molecule has 164 valence electrons. The number of allylic oxidation sites excluding steroid dienone is 1. The van der Waals surface area contributed by atoms with Crippen LogP contribution in [0.2, 0.25) is 0 Å². The monoisotopic (exact) mass is 436 g/mol. The first-order valence-electron chi connectivity index (χ1n) is 11.3. The Morgan fingerprint density at radius 2 is 1.74 bits per heavy atom. The molecule has 4 nitrogen and oxygen atoms in total. The van der Waals surface area contributed by atoms with E-state index in [4.69, 9.17) is 4.74 Å². The van der Waals surface area contributed by atoms with E-state index in [0.29, 0.717) is 0 Å². The topological polar surface area (TPSA) is 32.8 Å². The second-order valence-corrected chi connectivity index (χ2v) is 9.48. The third kappa shape index (κ3) is 5.92. The van der Waals surface area contributed by atoms with E-state index in [2.05, 4.69) is 28.0 Å². The lowest BCUT2D eigenvalue weighted by molar-refractivity contribution is 0.104. The van der Waals surface area contributed by atoms with Gasteiger partial charge in [0.2, 0.25) is 0 Å². The molecular formula is C26H32N2O2S. The highest BCUT2D eigenvalue weighted by molar-refractivity contribution is 7.99. The smallest absolute Gasteiger partial charge is 0.185 e. The van der Waals surface area contributed by atoms with Crippen molar-refractivity contribution in [1.29, 1.82) is 0 Å². The van der Waals surface area contributed by atoms with E-state index in [0.717, 1.165) is 49.6 Å².